The van der Waals surface area contributed by atoms with Crippen LogP contribution >= 0.6 is 11.3 Å². The molecule has 0 aliphatic carbocycles. The van der Waals surface area contributed by atoms with E-state index in [9.17, 15) is 0 Å². The van der Waals surface area contributed by atoms with Gasteiger partial charge in [0.05, 0.1) is 0 Å². The lowest BCUT2D eigenvalue weighted by Gasteiger charge is -2.13. The molecule has 0 saturated heterocycles. The topological polar surface area (TPSA) is 38.1 Å². The zero-order valence-corrected chi connectivity index (χ0v) is 11.8. The lowest BCUT2D eigenvalue weighted by atomic mass is 10.1. The van der Waals surface area contributed by atoms with E-state index in [-0.39, 0.29) is 0 Å². The van der Waals surface area contributed by atoms with Crippen LogP contribution in [0, 0.1) is 0 Å². The molecule has 3 aromatic rings. The third-order valence-corrected chi connectivity index (χ3v) is 3.86. The molecule has 0 bridgehead atoms. The van der Waals surface area contributed by atoms with E-state index in [1.54, 1.807) is 11.3 Å². The number of aromatic nitrogens is 1. The van der Waals surface area contributed by atoms with Crippen molar-refractivity contribution in [2.45, 2.75) is 26.3 Å². The van der Waals surface area contributed by atoms with Crippen LogP contribution in [0.5, 0.6) is 0 Å². The molecule has 0 fully saturated rings. The fourth-order valence-electron chi connectivity index (χ4n) is 2.07. The summed E-state index contributed by atoms with van der Waals surface area (Å²) in [4.78, 5) is 4.46. The number of nitrogens with one attached hydrogen (secondary N) is 1. The van der Waals surface area contributed by atoms with Crippen molar-refractivity contribution in [1.82, 2.24) is 4.98 Å². The number of benzene rings is 1. The molecule has 4 heteroatoms. The molecule has 0 saturated carbocycles. The molecule has 2 heterocycles. The quantitative estimate of drug-likeness (QED) is 0.752. The van der Waals surface area contributed by atoms with Gasteiger partial charge in [0.15, 0.2) is 11.5 Å². The number of oxazole rings is 1. The van der Waals surface area contributed by atoms with Gasteiger partial charge in [-0.2, -0.15) is 11.3 Å². The summed E-state index contributed by atoms with van der Waals surface area (Å²) in [6.07, 6.45) is 0.822. The van der Waals surface area contributed by atoms with Gasteiger partial charge >= 0.3 is 0 Å². The van der Waals surface area contributed by atoms with Crippen molar-refractivity contribution in [2.75, 3.05) is 5.32 Å². The maximum absolute atomic E-state index is 5.61. The number of hydrogen-bond donors (Lipinski definition) is 1. The molecule has 3 nitrogen and oxygen atoms in total. The average Bonchev–Trinajstić information content (AvgIpc) is 3.07. The Kier molecular flexibility index (Phi) is 3.25. The van der Waals surface area contributed by atoms with E-state index in [4.69, 9.17) is 4.42 Å². The highest BCUT2D eigenvalue weighted by Crippen LogP contribution is 2.24. The normalized spacial score (nSPS) is 12.7. The average molecular weight is 272 g/mol. The zero-order chi connectivity index (χ0) is 13.2. The lowest BCUT2D eigenvalue weighted by Crippen LogP contribution is -2.05. The largest absolute Gasteiger partial charge is 0.441 e. The standard InChI is InChI=1S/C15H16N2OS/c1-3-15-17-13-8-12(4-5-14(13)18-15)16-10(2)11-6-7-19-9-11/h4-10,16H,3H2,1-2H3. The van der Waals surface area contributed by atoms with Gasteiger partial charge in [-0.15, -0.1) is 0 Å². The molecule has 0 aliphatic heterocycles. The van der Waals surface area contributed by atoms with E-state index in [1.807, 2.05) is 25.1 Å². The Bertz CT molecular complexity index is 673. The van der Waals surface area contributed by atoms with Crippen molar-refractivity contribution < 1.29 is 4.42 Å². The van der Waals surface area contributed by atoms with Gasteiger partial charge in [0.2, 0.25) is 0 Å². The number of nitrogens with zero attached hydrogens (tertiary/aromatic N) is 1. The summed E-state index contributed by atoms with van der Waals surface area (Å²) in [6, 6.07) is 8.49. The van der Waals surface area contributed by atoms with E-state index >= 15 is 0 Å². The molecule has 98 valence electrons. The second-order valence-corrected chi connectivity index (χ2v) is 5.35. The van der Waals surface area contributed by atoms with E-state index in [1.165, 1.54) is 5.56 Å². The second-order valence-electron chi connectivity index (χ2n) is 4.57. The first-order chi connectivity index (χ1) is 9.26. The molecule has 0 aliphatic rings. The van der Waals surface area contributed by atoms with E-state index in [2.05, 4.69) is 34.1 Å². The van der Waals surface area contributed by atoms with E-state index in [0.29, 0.717) is 6.04 Å². The third kappa shape index (κ3) is 2.49. The van der Waals surface area contributed by atoms with E-state index < -0.39 is 0 Å². The molecular weight excluding hydrogens is 256 g/mol. The Morgan fingerprint density at radius 2 is 2.26 bits per heavy atom. The highest BCUT2D eigenvalue weighted by Gasteiger charge is 2.08. The predicted molar refractivity (Wildman–Crippen MR) is 79.7 cm³/mol. The van der Waals surface area contributed by atoms with Gasteiger partial charge in [0, 0.05) is 18.2 Å². The first-order valence-electron chi connectivity index (χ1n) is 6.44. The fraction of sp³-hybridized carbons (Fsp3) is 0.267. The minimum atomic E-state index is 0.293. The molecule has 1 N–H and O–H groups in total. The van der Waals surface area contributed by atoms with Crippen molar-refractivity contribution in [3.05, 3.63) is 46.5 Å². The summed E-state index contributed by atoms with van der Waals surface area (Å²) >= 11 is 1.72. The van der Waals surface area contributed by atoms with Gasteiger partial charge in [-0.3, -0.25) is 0 Å². The number of hydrogen-bond acceptors (Lipinski definition) is 4. The lowest BCUT2D eigenvalue weighted by molar-refractivity contribution is 0.538. The van der Waals surface area contributed by atoms with Crippen molar-refractivity contribution in [3.63, 3.8) is 0 Å². The van der Waals surface area contributed by atoms with Crippen LogP contribution < -0.4 is 5.32 Å². The maximum atomic E-state index is 5.61. The van der Waals surface area contributed by atoms with Crippen molar-refractivity contribution >= 4 is 28.1 Å². The van der Waals surface area contributed by atoms with Crippen molar-refractivity contribution in [3.8, 4) is 0 Å². The minimum Gasteiger partial charge on any atom is -0.441 e. The summed E-state index contributed by atoms with van der Waals surface area (Å²) in [7, 11) is 0. The molecule has 0 spiro atoms. The van der Waals surface area contributed by atoms with Gasteiger partial charge in [0.25, 0.3) is 0 Å². The Balaban J connectivity index is 1.85. The Morgan fingerprint density at radius 1 is 1.37 bits per heavy atom. The van der Waals surface area contributed by atoms with Crippen LogP contribution in [0.2, 0.25) is 0 Å². The molecule has 1 aromatic carbocycles. The monoisotopic (exact) mass is 272 g/mol. The van der Waals surface area contributed by atoms with Crippen LogP contribution in [-0.2, 0) is 6.42 Å². The van der Waals surface area contributed by atoms with E-state index in [0.717, 1.165) is 29.1 Å². The number of thiophene rings is 1. The Morgan fingerprint density at radius 3 is 3.00 bits per heavy atom. The van der Waals surface area contributed by atoms with Crippen molar-refractivity contribution in [2.24, 2.45) is 0 Å². The summed E-state index contributed by atoms with van der Waals surface area (Å²) in [6.45, 7) is 4.20. The summed E-state index contributed by atoms with van der Waals surface area (Å²) in [5, 5.41) is 7.76. The molecular formula is C15H16N2OS. The van der Waals surface area contributed by atoms with Gasteiger partial charge < -0.3 is 9.73 Å². The SMILES string of the molecule is CCc1nc2cc(NC(C)c3ccsc3)ccc2o1. The van der Waals surface area contributed by atoms with Gasteiger partial charge in [0.1, 0.15) is 5.52 Å². The number of aryl methyl sites for hydroxylation is 1. The van der Waals surface area contributed by atoms with Crippen LogP contribution in [0.4, 0.5) is 5.69 Å². The third-order valence-electron chi connectivity index (χ3n) is 3.16. The van der Waals surface area contributed by atoms with Gasteiger partial charge in [-0.25, -0.2) is 4.98 Å². The first kappa shape index (κ1) is 12.2. The maximum Gasteiger partial charge on any atom is 0.195 e. The Labute approximate surface area is 116 Å². The first-order valence-corrected chi connectivity index (χ1v) is 7.38. The number of fused-ring (bicyclic) bond motifs is 1. The highest BCUT2D eigenvalue weighted by molar-refractivity contribution is 7.07. The summed E-state index contributed by atoms with van der Waals surface area (Å²) in [5.41, 5.74) is 4.15. The minimum absolute atomic E-state index is 0.293. The molecule has 0 radical (unpaired) electrons. The number of rotatable bonds is 4. The number of anilines is 1. The second kappa shape index (κ2) is 5.05. The van der Waals surface area contributed by atoms with Crippen molar-refractivity contribution in [1.29, 1.82) is 0 Å². The predicted octanol–water partition coefficient (Wildman–Crippen LogP) is 4.62. The molecule has 3 rings (SSSR count). The van der Waals surface area contributed by atoms with Gasteiger partial charge in [-0.05, 0) is 47.5 Å². The summed E-state index contributed by atoms with van der Waals surface area (Å²) in [5.74, 6) is 0.790. The van der Waals surface area contributed by atoms with Crippen LogP contribution in [-0.4, -0.2) is 4.98 Å². The fourth-order valence-corrected chi connectivity index (χ4v) is 2.82. The van der Waals surface area contributed by atoms with Gasteiger partial charge in [-0.1, -0.05) is 6.92 Å². The van der Waals surface area contributed by atoms with Crippen LogP contribution in [0.15, 0.2) is 39.4 Å². The molecule has 0 amide bonds. The smallest absolute Gasteiger partial charge is 0.195 e. The summed E-state index contributed by atoms with van der Waals surface area (Å²) < 4.78 is 5.61. The molecule has 2 aromatic heterocycles. The van der Waals surface area contributed by atoms with Crippen LogP contribution in [0.25, 0.3) is 11.1 Å². The molecule has 1 atom stereocenters. The Hall–Kier alpha value is -1.81. The molecule has 1 unspecified atom stereocenters. The van der Waals surface area contributed by atoms with Crippen LogP contribution in [0.3, 0.4) is 0 Å². The highest BCUT2D eigenvalue weighted by atomic mass is 32.1. The zero-order valence-electron chi connectivity index (χ0n) is 11.0. The van der Waals surface area contributed by atoms with Crippen LogP contribution in [0.1, 0.15) is 31.3 Å². The molecule has 19 heavy (non-hydrogen) atoms.